The van der Waals surface area contributed by atoms with Gasteiger partial charge in [0.05, 0.1) is 22.5 Å². The Morgan fingerprint density at radius 2 is 2.06 bits per heavy atom. The van der Waals surface area contributed by atoms with E-state index in [0.29, 0.717) is 51.7 Å². The first-order chi connectivity index (χ1) is 16.0. The molecule has 4 rings (SSSR count). The Bertz CT molecular complexity index is 1260. The van der Waals surface area contributed by atoms with Gasteiger partial charge in [0.25, 0.3) is 5.91 Å². The van der Waals surface area contributed by atoms with Crippen molar-refractivity contribution < 1.29 is 23.5 Å². The molecule has 0 spiro atoms. The summed E-state index contributed by atoms with van der Waals surface area (Å²) in [6.45, 7) is 8.02. The van der Waals surface area contributed by atoms with Crippen LogP contribution in [0.1, 0.15) is 42.4 Å². The number of likely N-dealkylation sites (tertiary alicyclic amines) is 1. The first-order valence-corrected chi connectivity index (χ1v) is 11.6. The third-order valence-corrected chi connectivity index (χ3v) is 6.45. The van der Waals surface area contributed by atoms with Crippen LogP contribution in [0.15, 0.2) is 24.5 Å². The normalized spacial score (nSPS) is 16.0. The lowest BCUT2D eigenvalue weighted by molar-refractivity contribution is 0.0275. The fourth-order valence-electron chi connectivity index (χ4n) is 3.72. The second-order valence-corrected chi connectivity index (χ2v) is 10.0. The minimum absolute atomic E-state index is 0.283. The zero-order valence-electron chi connectivity index (χ0n) is 19.3. The van der Waals surface area contributed by atoms with Crippen molar-refractivity contribution >= 4 is 45.1 Å². The number of nitrogens with two attached hydrogens (primary N) is 1. The van der Waals surface area contributed by atoms with Crippen molar-refractivity contribution in [2.75, 3.05) is 18.4 Å². The summed E-state index contributed by atoms with van der Waals surface area (Å²) in [7, 11) is 0. The molecule has 2 amide bonds. The fraction of sp³-hybridized carbons (Fsp3) is 0.391. The molecular weight excluding hydrogens is 461 g/mol. The average Bonchev–Trinajstić information content (AvgIpc) is 3.34. The van der Waals surface area contributed by atoms with Crippen LogP contribution < -0.4 is 15.8 Å². The van der Waals surface area contributed by atoms with Gasteiger partial charge in [0.15, 0.2) is 0 Å². The maximum atomic E-state index is 14.1. The number of aryl methyl sites for hydroxylation is 1. The van der Waals surface area contributed by atoms with E-state index in [-0.39, 0.29) is 11.9 Å². The van der Waals surface area contributed by atoms with E-state index in [9.17, 15) is 14.0 Å². The second-order valence-electron chi connectivity index (χ2n) is 9.04. The van der Waals surface area contributed by atoms with Crippen LogP contribution in [0.5, 0.6) is 5.75 Å². The summed E-state index contributed by atoms with van der Waals surface area (Å²) in [5.74, 6) is -0.263. The van der Waals surface area contributed by atoms with Crippen molar-refractivity contribution in [3.05, 3.63) is 40.8 Å². The molecule has 0 radical (unpaired) electrons. The quantitative estimate of drug-likeness (QED) is 0.548. The Labute approximate surface area is 200 Å². The number of nitrogens with one attached hydrogen (secondary N) is 1. The predicted molar refractivity (Wildman–Crippen MR) is 127 cm³/mol. The first-order valence-electron chi connectivity index (χ1n) is 10.8. The van der Waals surface area contributed by atoms with Gasteiger partial charge in [-0.25, -0.2) is 19.2 Å². The van der Waals surface area contributed by atoms with Gasteiger partial charge in [0.1, 0.15) is 40.2 Å². The molecule has 1 saturated heterocycles. The van der Waals surface area contributed by atoms with E-state index < -0.39 is 23.4 Å². The van der Waals surface area contributed by atoms with Crippen molar-refractivity contribution in [2.45, 2.75) is 45.8 Å². The molecule has 1 aliphatic heterocycles. The maximum absolute atomic E-state index is 14.1. The van der Waals surface area contributed by atoms with Gasteiger partial charge < -0.3 is 25.4 Å². The standard InChI is InChI=1S/C23H26FN5O4S/c1-12-17-20(26-11-27-21(17)34-18(12)19(25)30)28-15-6-5-13(24)9-16(15)32-14-7-8-29(10-14)22(31)33-23(2,3)4/h5-6,9,11,14H,7-8,10H2,1-4H3,(H2,25,30)(H,26,27,28)/t14-/m1/s1. The summed E-state index contributed by atoms with van der Waals surface area (Å²) in [6.07, 6.45) is 1.23. The average molecular weight is 488 g/mol. The number of anilines is 2. The van der Waals surface area contributed by atoms with Crippen molar-refractivity contribution in [3.63, 3.8) is 0 Å². The van der Waals surface area contributed by atoms with E-state index in [1.165, 1.54) is 29.8 Å². The lowest BCUT2D eigenvalue weighted by atomic mass is 10.2. The fourth-order valence-corrected chi connectivity index (χ4v) is 4.72. The van der Waals surface area contributed by atoms with Crippen LogP contribution in [0.4, 0.5) is 20.7 Å². The molecule has 11 heteroatoms. The smallest absolute Gasteiger partial charge is 0.410 e. The van der Waals surface area contributed by atoms with Gasteiger partial charge in [-0.05, 0) is 45.4 Å². The Morgan fingerprint density at radius 1 is 1.29 bits per heavy atom. The lowest BCUT2D eigenvalue weighted by Crippen LogP contribution is -2.36. The Kier molecular flexibility index (Phi) is 6.30. The highest BCUT2D eigenvalue weighted by atomic mass is 32.1. The van der Waals surface area contributed by atoms with E-state index in [0.717, 1.165) is 0 Å². The number of hydrogen-bond acceptors (Lipinski definition) is 8. The zero-order chi connectivity index (χ0) is 24.6. The number of carbonyl (C=O) groups excluding carboxylic acids is 2. The first kappa shape index (κ1) is 23.7. The number of rotatable bonds is 5. The number of primary amides is 1. The summed E-state index contributed by atoms with van der Waals surface area (Å²) < 4.78 is 25.6. The third kappa shape index (κ3) is 5.04. The number of aromatic nitrogens is 2. The highest BCUT2D eigenvalue weighted by Crippen LogP contribution is 2.37. The molecule has 1 aliphatic rings. The number of ether oxygens (including phenoxy) is 2. The highest BCUT2D eigenvalue weighted by molar-refractivity contribution is 7.20. The Hall–Kier alpha value is -3.47. The number of fused-ring (bicyclic) bond motifs is 1. The minimum atomic E-state index is -0.591. The van der Waals surface area contributed by atoms with Crippen LogP contribution in [0.3, 0.4) is 0 Å². The van der Waals surface area contributed by atoms with Crippen molar-refractivity contribution in [2.24, 2.45) is 5.73 Å². The van der Waals surface area contributed by atoms with Gasteiger partial charge in [-0.2, -0.15) is 0 Å². The summed E-state index contributed by atoms with van der Waals surface area (Å²) in [6, 6.07) is 4.15. The van der Waals surface area contributed by atoms with E-state index in [4.69, 9.17) is 15.2 Å². The number of carbonyl (C=O) groups is 2. The van der Waals surface area contributed by atoms with Crippen LogP contribution >= 0.6 is 11.3 Å². The van der Waals surface area contributed by atoms with Crippen LogP contribution in [0.25, 0.3) is 10.2 Å². The molecule has 1 fully saturated rings. The van der Waals surface area contributed by atoms with Gasteiger partial charge in [-0.1, -0.05) is 0 Å². The largest absolute Gasteiger partial charge is 0.486 e. The zero-order valence-corrected chi connectivity index (χ0v) is 20.2. The molecule has 9 nitrogen and oxygen atoms in total. The van der Waals surface area contributed by atoms with Gasteiger partial charge in [0, 0.05) is 19.0 Å². The van der Waals surface area contributed by atoms with E-state index in [1.807, 2.05) is 20.8 Å². The summed E-state index contributed by atoms with van der Waals surface area (Å²) in [4.78, 5) is 35.3. The third-order valence-electron chi connectivity index (χ3n) is 5.24. The number of hydrogen-bond donors (Lipinski definition) is 2. The Balaban J connectivity index is 1.56. The summed E-state index contributed by atoms with van der Waals surface area (Å²) in [5, 5.41) is 3.84. The second kappa shape index (κ2) is 9.05. The molecular formula is C23H26FN5O4S. The van der Waals surface area contributed by atoms with Gasteiger partial charge >= 0.3 is 6.09 Å². The molecule has 3 N–H and O–H groups in total. The van der Waals surface area contributed by atoms with E-state index in [1.54, 1.807) is 17.9 Å². The van der Waals surface area contributed by atoms with Crippen LogP contribution in [0.2, 0.25) is 0 Å². The van der Waals surface area contributed by atoms with Crippen molar-refractivity contribution in [1.82, 2.24) is 14.9 Å². The number of amides is 2. The Morgan fingerprint density at radius 3 is 2.76 bits per heavy atom. The van der Waals surface area contributed by atoms with Crippen LogP contribution in [-0.4, -0.2) is 51.7 Å². The molecule has 0 unspecified atom stereocenters. The molecule has 3 aromatic rings. The maximum Gasteiger partial charge on any atom is 0.410 e. The molecule has 34 heavy (non-hydrogen) atoms. The molecule has 0 aliphatic carbocycles. The summed E-state index contributed by atoms with van der Waals surface area (Å²) >= 11 is 1.19. The van der Waals surface area contributed by atoms with Crippen molar-refractivity contribution in [1.29, 1.82) is 0 Å². The van der Waals surface area contributed by atoms with E-state index >= 15 is 0 Å². The van der Waals surface area contributed by atoms with Gasteiger partial charge in [-0.15, -0.1) is 11.3 Å². The number of benzene rings is 1. The molecule has 180 valence electrons. The molecule has 3 heterocycles. The molecule has 0 bridgehead atoms. The topological polar surface area (TPSA) is 120 Å². The molecule has 0 saturated carbocycles. The minimum Gasteiger partial charge on any atom is -0.486 e. The number of thiophene rings is 1. The lowest BCUT2D eigenvalue weighted by Gasteiger charge is -2.24. The number of nitrogens with zero attached hydrogens (tertiary/aromatic N) is 3. The molecule has 1 aromatic carbocycles. The van der Waals surface area contributed by atoms with Crippen LogP contribution in [-0.2, 0) is 4.74 Å². The van der Waals surface area contributed by atoms with Gasteiger partial charge in [0.2, 0.25) is 0 Å². The monoisotopic (exact) mass is 487 g/mol. The summed E-state index contributed by atoms with van der Waals surface area (Å²) in [5.41, 5.74) is 6.05. The van der Waals surface area contributed by atoms with Crippen molar-refractivity contribution in [3.8, 4) is 5.75 Å². The number of halogens is 1. The van der Waals surface area contributed by atoms with E-state index in [2.05, 4.69) is 15.3 Å². The van der Waals surface area contributed by atoms with Crippen LogP contribution in [0, 0.1) is 12.7 Å². The molecule has 2 aromatic heterocycles. The molecule has 1 atom stereocenters. The SMILES string of the molecule is Cc1c(C(N)=O)sc2ncnc(Nc3ccc(F)cc3O[C@@H]3CCN(C(=O)OC(C)(C)C)C3)c12. The highest BCUT2D eigenvalue weighted by Gasteiger charge is 2.31. The van der Waals surface area contributed by atoms with Gasteiger partial charge in [-0.3, -0.25) is 4.79 Å². The predicted octanol–water partition coefficient (Wildman–Crippen LogP) is 4.37.